The molecule has 0 radical (unpaired) electrons. The largest absolute Gasteiger partial charge is 0.409 e. The molecule has 0 heterocycles. The zero-order valence-electron chi connectivity index (χ0n) is 8.10. The van der Waals surface area contributed by atoms with E-state index >= 15 is 0 Å². The lowest BCUT2D eigenvalue weighted by Gasteiger charge is -2.01. The first-order chi connectivity index (χ1) is 6.77. The van der Waals surface area contributed by atoms with Gasteiger partial charge >= 0.3 is 0 Å². The maximum atomic E-state index is 8.46. The average Bonchev–Trinajstić information content (AvgIpc) is 2.26. The fourth-order valence-electron chi connectivity index (χ4n) is 1.05. The smallest absolute Gasteiger partial charge is 0.170 e. The molecule has 76 valence electrons. The Bertz CT molecular complexity index is 308. The quantitative estimate of drug-likeness (QED) is 0.346. The molecule has 0 saturated heterocycles. The van der Waals surface area contributed by atoms with Gasteiger partial charge in [0, 0.05) is 11.3 Å². The molecule has 0 fully saturated rings. The van der Waals surface area contributed by atoms with Gasteiger partial charge in [-0.2, -0.15) is 11.8 Å². The summed E-state index contributed by atoms with van der Waals surface area (Å²) in [5.74, 6) is 2.27. The van der Waals surface area contributed by atoms with Gasteiger partial charge in [0.15, 0.2) is 5.84 Å². The summed E-state index contributed by atoms with van der Waals surface area (Å²) in [5.41, 5.74) is 7.44. The van der Waals surface area contributed by atoms with E-state index in [1.54, 1.807) is 0 Å². The van der Waals surface area contributed by atoms with E-state index in [0.717, 1.165) is 17.1 Å². The molecule has 3 nitrogen and oxygen atoms in total. The normalized spacial score (nSPS) is 11.6. The van der Waals surface area contributed by atoms with Crippen LogP contribution in [0.5, 0.6) is 0 Å². The highest BCUT2D eigenvalue weighted by atomic mass is 32.2. The summed E-state index contributed by atoms with van der Waals surface area (Å²) in [4.78, 5) is 0. The third kappa shape index (κ3) is 2.96. The van der Waals surface area contributed by atoms with E-state index in [9.17, 15) is 0 Å². The number of hydrogen-bond acceptors (Lipinski definition) is 3. The fraction of sp³-hybridized carbons (Fsp3) is 0.300. The summed E-state index contributed by atoms with van der Waals surface area (Å²) < 4.78 is 0. The van der Waals surface area contributed by atoms with Crippen molar-refractivity contribution >= 4 is 17.6 Å². The molecule has 0 atom stereocenters. The van der Waals surface area contributed by atoms with Crippen molar-refractivity contribution in [3.63, 3.8) is 0 Å². The summed E-state index contributed by atoms with van der Waals surface area (Å²) in [6.07, 6.45) is 0. The van der Waals surface area contributed by atoms with Crippen LogP contribution in [0.15, 0.2) is 29.4 Å². The molecule has 0 aliphatic rings. The van der Waals surface area contributed by atoms with Gasteiger partial charge in [0.05, 0.1) is 0 Å². The molecular formula is C10H14N2OS. The highest BCUT2D eigenvalue weighted by molar-refractivity contribution is 7.98. The molecule has 1 aromatic carbocycles. The fourth-order valence-corrected chi connectivity index (χ4v) is 1.68. The number of thioether (sulfide) groups is 1. The zero-order valence-corrected chi connectivity index (χ0v) is 8.92. The Hall–Kier alpha value is -1.16. The number of nitrogens with zero attached hydrogens (tertiary/aromatic N) is 1. The summed E-state index contributed by atoms with van der Waals surface area (Å²) >= 11 is 1.87. The van der Waals surface area contributed by atoms with Crippen LogP contribution in [0.4, 0.5) is 0 Å². The van der Waals surface area contributed by atoms with Crippen molar-refractivity contribution in [2.75, 3.05) is 5.75 Å². The number of hydrogen-bond donors (Lipinski definition) is 2. The van der Waals surface area contributed by atoms with Crippen LogP contribution in [0.1, 0.15) is 18.1 Å². The maximum absolute atomic E-state index is 8.46. The first-order valence-electron chi connectivity index (χ1n) is 4.42. The minimum Gasteiger partial charge on any atom is -0.409 e. The molecule has 0 unspecified atom stereocenters. The van der Waals surface area contributed by atoms with Crippen molar-refractivity contribution in [1.29, 1.82) is 0 Å². The number of benzene rings is 1. The number of amidine groups is 1. The van der Waals surface area contributed by atoms with Gasteiger partial charge in [0.25, 0.3) is 0 Å². The summed E-state index contributed by atoms with van der Waals surface area (Å²) in [6.45, 7) is 2.13. The van der Waals surface area contributed by atoms with Crippen LogP contribution < -0.4 is 5.73 Å². The minimum absolute atomic E-state index is 0.152. The summed E-state index contributed by atoms with van der Waals surface area (Å²) in [5, 5.41) is 11.4. The van der Waals surface area contributed by atoms with Crippen molar-refractivity contribution < 1.29 is 5.21 Å². The van der Waals surface area contributed by atoms with E-state index in [1.807, 2.05) is 36.0 Å². The van der Waals surface area contributed by atoms with Gasteiger partial charge in [-0.25, -0.2) is 0 Å². The van der Waals surface area contributed by atoms with Gasteiger partial charge in [-0.05, 0) is 11.3 Å². The molecule has 0 saturated carbocycles. The zero-order chi connectivity index (χ0) is 10.4. The maximum Gasteiger partial charge on any atom is 0.170 e. The Kier molecular flexibility index (Phi) is 4.32. The lowest BCUT2D eigenvalue weighted by Crippen LogP contribution is -2.12. The summed E-state index contributed by atoms with van der Waals surface area (Å²) in [7, 11) is 0. The Morgan fingerprint density at radius 3 is 2.57 bits per heavy atom. The molecule has 4 heteroatoms. The molecular weight excluding hydrogens is 196 g/mol. The highest BCUT2D eigenvalue weighted by Gasteiger charge is 1.98. The van der Waals surface area contributed by atoms with Gasteiger partial charge in [0.2, 0.25) is 0 Å². The van der Waals surface area contributed by atoms with Crippen LogP contribution in [-0.4, -0.2) is 16.8 Å². The van der Waals surface area contributed by atoms with Crippen LogP contribution in [0, 0.1) is 0 Å². The summed E-state index contributed by atoms with van der Waals surface area (Å²) in [6, 6.07) is 7.72. The van der Waals surface area contributed by atoms with E-state index in [4.69, 9.17) is 10.9 Å². The first kappa shape index (κ1) is 10.9. The first-order valence-corrected chi connectivity index (χ1v) is 5.58. The van der Waals surface area contributed by atoms with Crippen LogP contribution in [0.3, 0.4) is 0 Å². The lowest BCUT2D eigenvalue weighted by atomic mass is 10.1. The number of rotatable bonds is 4. The number of nitrogens with two attached hydrogens (primary N) is 1. The van der Waals surface area contributed by atoms with Gasteiger partial charge in [-0.15, -0.1) is 0 Å². The topological polar surface area (TPSA) is 58.6 Å². The Morgan fingerprint density at radius 2 is 2.07 bits per heavy atom. The predicted molar refractivity (Wildman–Crippen MR) is 60.8 cm³/mol. The minimum atomic E-state index is 0.152. The van der Waals surface area contributed by atoms with Crippen molar-refractivity contribution in [1.82, 2.24) is 0 Å². The van der Waals surface area contributed by atoms with Crippen LogP contribution in [-0.2, 0) is 5.75 Å². The van der Waals surface area contributed by atoms with E-state index in [-0.39, 0.29) is 5.84 Å². The molecule has 0 bridgehead atoms. The second-order valence-electron chi connectivity index (χ2n) is 2.82. The second-order valence-corrected chi connectivity index (χ2v) is 4.09. The van der Waals surface area contributed by atoms with Crippen LogP contribution in [0.2, 0.25) is 0 Å². The Morgan fingerprint density at radius 1 is 1.43 bits per heavy atom. The average molecular weight is 210 g/mol. The van der Waals surface area contributed by atoms with Gasteiger partial charge in [-0.3, -0.25) is 0 Å². The Labute approximate surface area is 88.0 Å². The number of oxime groups is 1. The monoisotopic (exact) mass is 210 g/mol. The van der Waals surface area contributed by atoms with Crippen molar-refractivity contribution in [2.24, 2.45) is 10.9 Å². The van der Waals surface area contributed by atoms with Gasteiger partial charge in [-0.1, -0.05) is 36.3 Å². The lowest BCUT2D eigenvalue weighted by molar-refractivity contribution is 0.318. The molecule has 0 aliphatic heterocycles. The van der Waals surface area contributed by atoms with E-state index < -0.39 is 0 Å². The molecule has 3 N–H and O–H groups in total. The molecule has 0 amide bonds. The molecule has 14 heavy (non-hydrogen) atoms. The van der Waals surface area contributed by atoms with Crippen LogP contribution >= 0.6 is 11.8 Å². The highest BCUT2D eigenvalue weighted by Crippen LogP contribution is 2.12. The molecule has 0 aliphatic carbocycles. The SMILES string of the molecule is CCSCc1ccc(/C(N)=N/O)cc1. The Balaban J connectivity index is 2.68. The second kappa shape index (κ2) is 5.54. The standard InChI is InChI=1S/C10H14N2OS/c1-2-14-7-8-3-5-9(6-4-8)10(11)12-13/h3-6,13H,2,7H2,1H3,(H2,11,12). The van der Waals surface area contributed by atoms with Crippen LogP contribution in [0.25, 0.3) is 0 Å². The third-order valence-electron chi connectivity index (χ3n) is 1.83. The van der Waals surface area contributed by atoms with Crippen molar-refractivity contribution in [3.05, 3.63) is 35.4 Å². The van der Waals surface area contributed by atoms with Gasteiger partial charge in [0.1, 0.15) is 0 Å². The third-order valence-corrected chi connectivity index (χ3v) is 2.78. The molecule has 0 spiro atoms. The van der Waals surface area contributed by atoms with Gasteiger partial charge < -0.3 is 10.9 Å². The molecule has 0 aromatic heterocycles. The molecule has 1 rings (SSSR count). The van der Waals surface area contributed by atoms with E-state index in [1.165, 1.54) is 5.56 Å². The van der Waals surface area contributed by atoms with Crippen molar-refractivity contribution in [2.45, 2.75) is 12.7 Å². The van der Waals surface area contributed by atoms with E-state index in [2.05, 4.69) is 12.1 Å². The van der Waals surface area contributed by atoms with Crippen molar-refractivity contribution in [3.8, 4) is 0 Å². The molecule has 1 aromatic rings. The van der Waals surface area contributed by atoms with E-state index in [0.29, 0.717) is 0 Å². The predicted octanol–water partition coefficient (Wildman–Crippen LogP) is 2.03.